The predicted molar refractivity (Wildman–Crippen MR) is 96.5 cm³/mol. The summed E-state index contributed by atoms with van der Waals surface area (Å²) in [7, 11) is 1.71. The predicted octanol–water partition coefficient (Wildman–Crippen LogP) is 2.35. The first-order chi connectivity index (χ1) is 10.7. The number of piperazine rings is 1. The normalized spacial score (nSPS) is 25.4. The van der Waals surface area contributed by atoms with Gasteiger partial charge in [-0.1, -0.05) is 12.7 Å². The molecule has 0 aromatic heterocycles. The molecule has 128 valence electrons. The minimum atomic E-state index is -0.429. The standard InChI is InChI=1S/C17H30BN3O2/c1-8-15(18-22-16(3,4)17(5,6)23-18)19-13-14(2)21-11-9-20(7)10-12-21/h8,13H,2,9-12H2,1,3-7H3/b15-8-,19-13-. The molecule has 0 aromatic carbocycles. The number of hydrogen-bond donors (Lipinski definition) is 0. The largest absolute Gasteiger partial charge is 0.514 e. The van der Waals surface area contributed by atoms with E-state index in [4.69, 9.17) is 9.31 Å². The third kappa shape index (κ3) is 4.05. The van der Waals surface area contributed by atoms with Gasteiger partial charge in [-0.05, 0) is 41.7 Å². The molecule has 23 heavy (non-hydrogen) atoms. The van der Waals surface area contributed by atoms with Crippen molar-refractivity contribution in [1.82, 2.24) is 9.80 Å². The fourth-order valence-corrected chi connectivity index (χ4v) is 2.56. The molecule has 2 fully saturated rings. The number of aliphatic imine (C=N–C) groups is 1. The lowest BCUT2D eigenvalue weighted by atomic mass is 9.84. The highest BCUT2D eigenvalue weighted by molar-refractivity contribution is 6.54. The Morgan fingerprint density at radius 1 is 1.09 bits per heavy atom. The van der Waals surface area contributed by atoms with Gasteiger partial charge in [0, 0.05) is 38.1 Å². The van der Waals surface area contributed by atoms with Crippen LogP contribution in [0.5, 0.6) is 0 Å². The molecule has 2 aliphatic heterocycles. The van der Waals surface area contributed by atoms with Crippen LogP contribution in [0.15, 0.2) is 28.9 Å². The van der Waals surface area contributed by atoms with Gasteiger partial charge in [0.05, 0.1) is 16.8 Å². The van der Waals surface area contributed by atoms with Gasteiger partial charge >= 0.3 is 7.12 Å². The molecule has 5 nitrogen and oxygen atoms in total. The molecule has 0 aromatic rings. The van der Waals surface area contributed by atoms with Crippen LogP contribution in [-0.2, 0) is 9.31 Å². The van der Waals surface area contributed by atoms with Crippen LogP contribution in [0.4, 0.5) is 0 Å². The zero-order chi connectivity index (χ0) is 17.3. The Hall–Kier alpha value is -1.11. The van der Waals surface area contributed by atoms with E-state index in [-0.39, 0.29) is 11.2 Å². The van der Waals surface area contributed by atoms with Gasteiger partial charge in [-0.3, -0.25) is 4.99 Å². The van der Waals surface area contributed by atoms with Crippen LogP contribution in [-0.4, -0.2) is 67.6 Å². The van der Waals surface area contributed by atoms with Crippen LogP contribution < -0.4 is 0 Å². The Bertz CT molecular complexity index is 490. The van der Waals surface area contributed by atoms with E-state index in [2.05, 4.69) is 28.4 Å². The maximum absolute atomic E-state index is 6.05. The second kappa shape index (κ2) is 6.79. The van der Waals surface area contributed by atoms with Gasteiger partial charge in [0.1, 0.15) is 0 Å². The lowest BCUT2D eigenvalue weighted by molar-refractivity contribution is 0.00578. The summed E-state index contributed by atoms with van der Waals surface area (Å²) in [6, 6.07) is 0. The molecule has 0 spiro atoms. The van der Waals surface area contributed by atoms with Crippen LogP contribution in [0.2, 0.25) is 0 Å². The van der Waals surface area contributed by atoms with Crippen LogP contribution in [0.1, 0.15) is 34.6 Å². The van der Waals surface area contributed by atoms with E-state index in [1.54, 1.807) is 0 Å². The number of allylic oxidation sites excluding steroid dienone is 2. The highest BCUT2D eigenvalue weighted by Gasteiger charge is 2.52. The molecule has 0 saturated carbocycles. The fraction of sp³-hybridized carbons (Fsp3) is 0.706. The van der Waals surface area contributed by atoms with Gasteiger partial charge in [-0.2, -0.15) is 0 Å². The molecule has 0 amide bonds. The van der Waals surface area contributed by atoms with Crippen molar-refractivity contribution in [1.29, 1.82) is 0 Å². The van der Waals surface area contributed by atoms with E-state index < -0.39 is 7.12 Å². The SMILES string of the molecule is C=C(/C=N\C(=C/C)B1OC(C)(C)C(C)(C)O1)N1CCN(C)CC1. The number of rotatable bonds is 4. The molecule has 2 aliphatic rings. The fourth-order valence-electron chi connectivity index (χ4n) is 2.56. The van der Waals surface area contributed by atoms with E-state index in [1.807, 2.05) is 46.9 Å². The van der Waals surface area contributed by atoms with Crippen molar-refractivity contribution >= 4 is 13.3 Å². The summed E-state index contributed by atoms with van der Waals surface area (Å²) in [5.41, 5.74) is 1.03. The van der Waals surface area contributed by atoms with E-state index in [9.17, 15) is 0 Å². The smallest absolute Gasteiger partial charge is 0.398 e. The maximum Gasteiger partial charge on any atom is 0.514 e. The van der Waals surface area contributed by atoms with Crippen LogP contribution in [0.25, 0.3) is 0 Å². The van der Waals surface area contributed by atoms with Crippen molar-refractivity contribution in [3.8, 4) is 0 Å². The molecule has 0 atom stereocenters. The second-order valence-corrected chi connectivity index (χ2v) is 7.34. The monoisotopic (exact) mass is 319 g/mol. The Morgan fingerprint density at radius 3 is 2.09 bits per heavy atom. The average Bonchev–Trinajstić information content (AvgIpc) is 2.68. The Kier molecular flexibility index (Phi) is 5.39. The third-order valence-electron chi connectivity index (χ3n) is 5.06. The molecule has 2 saturated heterocycles. The first-order valence-corrected chi connectivity index (χ1v) is 8.34. The van der Waals surface area contributed by atoms with Gasteiger partial charge in [0.2, 0.25) is 0 Å². The Morgan fingerprint density at radius 2 is 1.61 bits per heavy atom. The Balaban J connectivity index is 1.99. The van der Waals surface area contributed by atoms with Crippen LogP contribution in [0, 0.1) is 0 Å². The minimum Gasteiger partial charge on any atom is -0.398 e. The highest BCUT2D eigenvalue weighted by atomic mass is 16.7. The molecule has 0 radical (unpaired) electrons. The average molecular weight is 319 g/mol. The quantitative estimate of drug-likeness (QED) is 0.589. The van der Waals surface area contributed by atoms with Gasteiger partial charge in [-0.25, -0.2) is 0 Å². The summed E-state index contributed by atoms with van der Waals surface area (Å²) < 4.78 is 12.1. The molecule has 0 unspecified atom stereocenters. The van der Waals surface area contributed by atoms with Crippen LogP contribution >= 0.6 is 0 Å². The molecule has 2 heterocycles. The van der Waals surface area contributed by atoms with E-state index >= 15 is 0 Å². The number of likely N-dealkylation sites (N-methyl/N-ethyl adjacent to an activating group) is 1. The van der Waals surface area contributed by atoms with Crippen molar-refractivity contribution in [2.45, 2.75) is 45.8 Å². The first-order valence-electron chi connectivity index (χ1n) is 8.34. The topological polar surface area (TPSA) is 37.3 Å². The minimum absolute atomic E-state index is 0.351. The third-order valence-corrected chi connectivity index (χ3v) is 5.06. The van der Waals surface area contributed by atoms with Gasteiger partial charge in [0.15, 0.2) is 0 Å². The van der Waals surface area contributed by atoms with Crippen LogP contribution in [0.3, 0.4) is 0 Å². The summed E-state index contributed by atoms with van der Waals surface area (Å²) in [5.74, 6) is 0. The summed E-state index contributed by atoms with van der Waals surface area (Å²) >= 11 is 0. The lowest BCUT2D eigenvalue weighted by Gasteiger charge is -2.33. The molecule has 0 N–H and O–H groups in total. The van der Waals surface area contributed by atoms with Gasteiger partial charge in [0.25, 0.3) is 0 Å². The molecular formula is C17H30BN3O2. The first kappa shape index (κ1) is 18.2. The Labute approximate surface area is 141 Å². The zero-order valence-electron chi connectivity index (χ0n) is 15.4. The van der Waals surface area contributed by atoms with Crippen molar-refractivity contribution in [2.75, 3.05) is 33.2 Å². The molecule has 2 rings (SSSR count). The summed E-state index contributed by atoms with van der Waals surface area (Å²) in [6.07, 6.45) is 3.77. The van der Waals surface area contributed by atoms with E-state index in [1.165, 1.54) is 0 Å². The summed E-state index contributed by atoms with van der Waals surface area (Å²) in [4.78, 5) is 9.17. The summed E-state index contributed by atoms with van der Waals surface area (Å²) in [6.45, 7) is 18.4. The van der Waals surface area contributed by atoms with Crippen molar-refractivity contribution in [3.05, 3.63) is 23.9 Å². The molecular weight excluding hydrogens is 289 g/mol. The highest BCUT2D eigenvalue weighted by Crippen LogP contribution is 2.38. The zero-order valence-corrected chi connectivity index (χ0v) is 15.4. The number of nitrogens with zero attached hydrogens (tertiary/aromatic N) is 3. The van der Waals surface area contributed by atoms with Crippen molar-refractivity contribution < 1.29 is 9.31 Å². The molecule has 6 heteroatoms. The second-order valence-electron chi connectivity index (χ2n) is 7.34. The molecule has 0 bridgehead atoms. The molecule has 0 aliphatic carbocycles. The van der Waals surface area contributed by atoms with Gasteiger partial charge < -0.3 is 19.1 Å². The van der Waals surface area contributed by atoms with Gasteiger partial charge in [-0.15, -0.1) is 0 Å². The van der Waals surface area contributed by atoms with Crippen molar-refractivity contribution in [3.63, 3.8) is 0 Å². The van der Waals surface area contributed by atoms with E-state index in [0.29, 0.717) is 0 Å². The van der Waals surface area contributed by atoms with Crippen molar-refractivity contribution in [2.24, 2.45) is 4.99 Å². The number of hydrogen-bond acceptors (Lipinski definition) is 5. The van der Waals surface area contributed by atoms with E-state index in [0.717, 1.165) is 37.5 Å². The summed E-state index contributed by atoms with van der Waals surface area (Å²) in [5, 5.41) is 0. The maximum atomic E-state index is 6.05. The lowest BCUT2D eigenvalue weighted by Crippen LogP contribution is -2.43.